The maximum Gasteiger partial charge on any atom is 0.120 e. The molecule has 0 aliphatic rings. The van der Waals surface area contributed by atoms with E-state index in [-0.39, 0.29) is 12.1 Å². The van der Waals surface area contributed by atoms with E-state index >= 15 is 0 Å². The number of hydrogen-bond donors (Lipinski definition) is 1. The minimum Gasteiger partial charge on any atom is -0.468 e. The summed E-state index contributed by atoms with van der Waals surface area (Å²) in [4.78, 5) is 0. The van der Waals surface area contributed by atoms with E-state index in [1.807, 2.05) is 24.3 Å². The first-order valence-corrected chi connectivity index (χ1v) is 7.11. The molecule has 0 saturated heterocycles. The van der Waals surface area contributed by atoms with Crippen molar-refractivity contribution < 1.29 is 4.42 Å². The monoisotopic (exact) mass is 297 g/mol. The van der Waals surface area contributed by atoms with E-state index in [9.17, 15) is 0 Å². The Hall–Kier alpha value is -0.960. The van der Waals surface area contributed by atoms with Crippen LogP contribution in [0.1, 0.15) is 43.7 Å². The predicted octanol–water partition coefficient (Wildman–Crippen LogP) is 5.39. The summed E-state index contributed by atoms with van der Waals surface area (Å²) in [6, 6.07) is 9.78. The van der Waals surface area contributed by atoms with Gasteiger partial charge in [-0.1, -0.05) is 36.2 Å². The van der Waals surface area contributed by atoms with Crippen molar-refractivity contribution in [1.29, 1.82) is 0 Å². The predicted molar refractivity (Wildman–Crippen MR) is 79.8 cm³/mol. The van der Waals surface area contributed by atoms with Gasteiger partial charge in [-0.3, -0.25) is 0 Å². The quantitative estimate of drug-likeness (QED) is 0.800. The zero-order valence-electron chi connectivity index (χ0n) is 11.0. The van der Waals surface area contributed by atoms with Crippen LogP contribution in [-0.4, -0.2) is 0 Å². The van der Waals surface area contributed by atoms with E-state index in [0.29, 0.717) is 10.0 Å². The summed E-state index contributed by atoms with van der Waals surface area (Å²) < 4.78 is 5.41. The fourth-order valence-corrected chi connectivity index (χ4v) is 2.67. The number of nitrogens with one attached hydrogen (secondary N) is 1. The molecule has 2 atom stereocenters. The van der Waals surface area contributed by atoms with Crippen LogP contribution in [0.15, 0.2) is 41.0 Å². The second-order valence-corrected chi connectivity index (χ2v) is 5.37. The van der Waals surface area contributed by atoms with Gasteiger partial charge >= 0.3 is 0 Å². The van der Waals surface area contributed by atoms with Crippen molar-refractivity contribution in [3.63, 3.8) is 0 Å². The molecule has 0 saturated carbocycles. The van der Waals surface area contributed by atoms with Crippen molar-refractivity contribution >= 4 is 23.2 Å². The Balaban J connectivity index is 2.16. The van der Waals surface area contributed by atoms with E-state index in [0.717, 1.165) is 17.7 Å². The van der Waals surface area contributed by atoms with Gasteiger partial charge in [-0.05, 0) is 43.2 Å². The normalized spacial score (nSPS) is 14.3. The standard InChI is InChI=1S/C15H17Cl2NO/c1-3-14(12-7-6-11(16)9-13(12)17)18-10(2)15-5-4-8-19-15/h4-10,14,18H,3H2,1-2H3/t10-,14?/m1/s1. The first-order chi connectivity index (χ1) is 9.11. The fraction of sp³-hybridized carbons (Fsp3) is 0.333. The van der Waals surface area contributed by atoms with Crippen LogP contribution in [0.25, 0.3) is 0 Å². The van der Waals surface area contributed by atoms with Crippen LogP contribution in [0.2, 0.25) is 10.0 Å². The lowest BCUT2D eigenvalue weighted by Crippen LogP contribution is -2.24. The lowest BCUT2D eigenvalue weighted by molar-refractivity contribution is 0.387. The summed E-state index contributed by atoms with van der Waals surface area (Å²) in [7, 11) is 0. The molecule has 0 bridgehead atoms. The van der Waals surface area contributed by atoms with Gasteiger partial charge in [0.15, 0.2) is 0 Å². The van der Waals surface area contributed by atoms with E-state index in [1.54, 1.807) is 12.3 Å². The van der Waals surface area contributed by atoms with Crippen LogP contribution in [0.4, 0.5) is 0 Å². The molecule has 2 rings (SSSR count). The molecule has 4 heteroatoms. The Bertz CT molecular complexity index is 525. The van der Waals surface area contributed by atoms with Crippen LogP contribution < -0.4 is 5.32 Å². The van der Waals surface area contributed by atoms with Gasteiger partial charge in [0.25, 0.3) is 0 Å². The molecular weight excluding hydrogens is 281 g/mol. The number of benzene rings is 1. The van der Waals surface area contributed by atoms with E-state index < -0.39 is 0 Å². The summed E-state index contributed by atoms with van der Waals surface area (Å²) >= 11 is 12.2. The van der Waals surface area contributed by atoms with Crippen LogP contribution in [0, 0.1) is 0 Å². The topological polar surface area (TPSA) is 25.2 Å². The maximum absolute atomic E-state index is 6.26. The van der Waals surface area contributed by atoms with Gasteiger partial charge in [0.2, 0.25) is 0 Å². The van der Waals surface area contributed by atoms with Gasteiger partial charge in [-0.25, -0.2) is 0 Å². The first-order valence-electron chi connectivity index (χ1n) is 6.36. The lowest BCUT2D eigenvalue weighted by Gasteiger charge is -2.22. The maximum atomic E-state index is 6.26. The molecule has 1 unspecified atom stereocenters. The molecule has 0 amide bonds. The Morgan fingerprint density at radius 3 is 2.63 bits per heavy atom. The largest absolute Gasteiger partial charge is 0.468 e. The number of rotatable bonds is 5. The summed E-state index contributed by atoms with van der Waals surface area (Å²) in [5, 5.41) is 4.87. The highest BCUT2D eigenvalue weighted by molar-refractivity contribution is 6.35. The number of furan rings is 1. The molecule has 19 heavy (non-hydrogen) atoms. The Kier molecular flexibility index (Phi) is 4.92. The number of hydrogen-bond acceptors (Lipinski definition) is 2. The highest BCUT2D eigenvalue weighted by Crippen LogP contribution is 2.30. The van der Waals surface area contributed by atoms with Crippen molar-refractivity contribution in [1.82, 2.24) is 5.32 Å². The van der Waals surface area contributed by atoms with E-state index in [4.69, 9.17) is 27.6 Å². The molecule has 0 radical (unpaired) electrons. The molecule has 1 N–H and O–H groups in total. The van der Waals surface area contributed by atoms with Crippen LogP contribution >= 0.6 is 23.2 Å². The smallest absolute Gasteiger partial charge is 0.120 e. The second-order valence-electron chi connectivity index (χ2n) is 4.53. The minimum absolute atomic E-state index is 0.131. The molecule has 102 valence electrons. The molecule has 1 aromatic heterocycles. The Labute approximate surface area is 123 Å². The zero-order valence-corrected chi connectivity index (χ0v) is 12.5. The second kappa shape index (κ2) is 6.47. The highest BCUT2D eigenvalue weighted by atomic mass is 35.5. The fourth-order valence-electron chi connectivity index (χ4n) is 2.13. The molecule has 0 aliphatic carbocycles. The van der Waals surface area contributed by atoms with Gasteiger partial charge < -0.3 is 9.73 Å². The van der Waals surface area contributed by atoms with Crippen molar-refractivity contribution in [3.05, 3.63) is 58.0 Å². The summed E-state index contributed by atoms with van der Waals surface area (Å²) in [5.74, 6) is 0.920. The average molecular weight is 298 g/mol. The Morgan fingerprint density at radius 2 is 2.05 bits per heavy atom. The average Bonchev–Trinajstić information content (AvgIpc) is 2.90. The van der Waals surface area contributed by atoms with E-state index in [1.165, 1.54) is 0 Å². The Morgan fingerprint density at radius 1 is 1.26 bits per heavy atom. The SMILES string of the molecule is CCC(N[C@H](C)c1ccco1)c1ccc(Cl)cc1Cl. The summed E-state index contributed by atoms with van der Waals surface area (Å²) in [6.45, 7) is 4.20. The third-order valence-electron chi connectivity index (χ3n) is 3.17. The van der Waals surface area contributed by atoms with Crippen LogP contribution in [0.5, 0.6) is 0 Å². The highest BCUT2D eigenvalue weighted by Gasteiger charge is 2.17. The van der Waals surface area contributed by atoms with Crippen molar-refractivity contribution in [3.8, 4) is 0 Å². The van der Waals surface area contributed by atoms with Crippen molar-refractivity contribution in [2.75, 3.05) is 0 Å². The zero-order chi connectivity index (χ0) is 13.8. The van der Waals surface area contributed by atoms with Gasteiger partial charge in [-0.2, -0.15) is 0 Å². The molecule has 2 aromatic rings. The van der Waals surface area contributed by atoms with Gasteiger partial charge in [0.05, 0.1) is 12.3 Å². The summed E-state index contributed by atoms with van der Waals surface area (Å²) in [5.41, 5.74) is 1.06. The molecular formula is C15H17Cl2NO. The molecule has 1 heterocycles. The molecule has 2 nitrogen and oxygen atoms in total. The number of halogens is 2. The first kappa shape index (κ1) is 14.4. The minimum atomic E-state index is 0.131. The van der Waals surface area contributed by atoms with Gasteiger partial charge in [-0.15, -0.1) is 0 Å². The molecule has 1 aromatic carbocycles. The third-order valence-corrected chi connectivity index (χ3v) is 3.73. The summed E-state index contributed by atoms with van der Waals surface area (Å²) in [6.07, 6.45) is 2.62. The van der Waals surface area contributed by atoms with Gasteiger partial charge in [0.1, 0.15) is 5.76 Å². The van der Waals surface area contributed by atoms with Crippen molar-refractivity contribution in [2.45, 2.75) is 32.4 Å². The van der Waals surface area contributed by atoms with Gasteiger partial charge in [0, 0.05) is 16.1 Å². The molecule has 0 spiro atoms. The van der Waals surface area contributed by atoms with Crippen LogP contribution in [-0.2, 0) is 0 Å². The molecule has 0 fully saturated rings. The van der Waals surface area contributed by atoms with E-state index in [2.05, 4.69) is 19.2 Å². The molecule has 0 aliphatic heterocycles. The van der Waals surface area contributed by atoms with Crippen LogP contribution in [0.3, 0.4) is 0 Å². The third kappa shape index (κ3) is 3.53. The lowest BCUT2D eigenvalue weighted by atomic mass is 10.0. The van der Waals surface area contributed by atoms with Crippen molar-refractivity contribution in [2.24, 2.45) is 0 Å².